The van der Waals surface area contributed by atoms with Crippen molar-refractivity contribution in [3.63, 3.8) is 0 Å². The Labute approximate surface area is 141 Å². The minimum atomic E-state index is -4.11. The van der Waals surface area contributed by atoms with Gasteiger partial charge in [-0.05, 0) is 24.9 Å². The molecule has 3 nitrogen and oxygen atoms in total. The van der Waals surface area contributed by atoms with Gasteiger partial charge in [-0.1, -0.05) is 37.3 Å². The van der Waals surface area contributed by atoms with Crippen molar-refractivity contribution >= 4 is 5.91 Å². The zero-order chi connectivity index (χ0) is 17.6. The van der Waals surface area contributed by atoms with E-state index in [1.807, 2.05) is 47.1 Å². The summed E-state index contributed by atoms with van der Waals surface area (Å²) in [6, 6.07) is 9.86. The molecule has 1 fully saturated rings. The predicted molar refractivity (Wildman–Crippen MR) is 87.4 cm³/mol. The van der Waals surface area contributed by atoms with Crippen LogP contribution in [0, 0.1) is 0 Å². The second-order valence-corrected chi connectivity index (χ2v) is 6.34. The first kappa shape index (κ1) is 18.8. The van der Waals surface area contributed by atoms with Gasteiger partial charge in [0.05, 0.1) is 0 Å². The van der Waals surface area contributed by atoms with Gasteiger partial charge in [-0.3, -0.25) is 4.79 Å². The molecule has 0 saturated carbocycles. The van der Waals surface area contributed by atoms with Gasteiger partial charge in [-0.25, -0.2) is 0 Å². The summed E-state index contributed by atoms with van der Waals surface area (Å²) in [5.74, 6) is 0.0871. The van der Waals surface area contributed by atoms with Crippen LogP contribution in [0.15, 0.2) is 30.3 Å². The maximum Gasteiger partial charge on any atom is 0.389 e. The molecule has 0 N–H and O–H groups in total. The van der Waals surface area contributed by atoms with Gasteiger partial charge < -0.3 is 9.80 Å². The van der Waals surface area contributed by atoms with E-state index in [0.717, 1.165) is 12.0 Å². The van der Waals surface area contributed by atoms with E-state index in [1.54, 1.807) is 0 Å². The lowest BCUT2D eigenvalue weighted by atomic mass is 10.1. The average molecular weight is 342 g/mol. The Balaban J connectivity index is 1.97. The SMILES string of the molecule is CCC1CN(CCCC(F)(F)F)CCC(=O)N1Cc1ccccc1. The third-order valence-corrected chi connectivity index (χ3v) is 4.47. The highest BCUT2D eigenvalue weighted by atomic mass is 19.4. The highest BCUT2D eigenvalue weighted by Crippen LogP contribution is 2.23. The van der Waals surface area contributed by atoms with Crippen molar-refractivity contribution in [2.75, 3.05) is 19.6 Å². The highest BCUT2D eigenvalue weighted by molar-refractivity contribution is 5.77. The van der Waals surface area contributed by atoms with E-state index in [-0.39, 0.29) is 18.4 Å². The van der Waals surface area contributed by atoms with Gasteiger partial charge in [0.1, 0.15) is 0 Å². The average Bonchev–Trinajstić information content (AvgIpc) is 2.68. The minimum Gasteiger partial charge on any atom is -0.334 e. The summed E-state index contributed by atoms with van der Waals surface area (Å²) in [5.41, 5.74) is 1.08. The van der Waals surface area contributed by atoms with Crippen molar-refractivity contribution in [1.82, 2.24) is 9.80 Å². The monoisotopic (exact) mass is 342 g/mol. The first-order valence-corrected chi connectivity index (χ1v) is 8.51. The molecule has 1 unspecified atom stereocenters. The second-order valence-electron chi connectivity index (χ2n) is 6.34. The second kappa shape index (κ2) is 8.51. The van der Waals surface area contributed by atoms with Crippen LogP contribution in [0.4, 0.5) is 13.2 Å². The Morgan fingerprint density at radius 3 is 2.54 bits per heavy atom. The molecule has 1 aliphatic rings. The Morgan fingerprint density at radius 1 is 1.21 bits per heavy atom. The third kappa shape index (κ3) is 5.82. The number of halogens is 3. The van der Waals surface area contributed by atoms with Gasteiger partial charge >= 0.3 is 6.18 Å². The van der Waals surface area contributed by atoms with E-state index in [1.165, 1.54) is 0 Å². The van der Waals surface area contributed by atoms with Crippen molar-refractivity contribution < 1.29 is 18.0 Å². The number of nitrogens with zero attached hydrogens (tertiary/aromatic N) is 2. The lowest BCUT2D eigenvalue weighted by Crippen LogP contribution is -2.42. The molecule has 0 spiro atoms. The normalized spacial score (nSPS) is 20.2. The quantitative estimate of drug-likeness (QED) is 0.784. The van der Waals surface area contributed by atoms with Crippen LogP contribution in [0.5, 0.6) is 0 Å². The maximum absolute atomic E-state index is 12.5. The van der Waals surface area contributed by atoms with E-state index in [4.69, 9.17) is 0 Å². The Bertz CT molecular complexity index is 519. The van der Waals surface area contributed by atoms with E-state index in [2.05, 4.69) is 0 Å². The van der Waals surface area contributed by atoms with Crippen LogP contribution in [0.3, 0.4) is 0 Å². The maximum atomic E-state index is 12.5. The molecule has 134 valence electrons. The van der Waals surface area contributed by atoms with Gasteiger partial charge in [0.25, 0.3) is 0 Å². The van der Waals surface area contributed by atoms with Crippen LogP contribution in [0.25, 0.3) is 0 Å². The zero-order valence-electron chi connectivity index (χ0n) is 14.1. The largest absolute Gasteiger partial charge is 0.389 e. The lowest BCUT2D eigenvalue weighted by Gasteiger charge is -2.31. The highest BCUT2D eigenvalue weighted by Gasteiger charge is 2.30. The van der Waals surface area contributed by atoms with Crippen LogP contribution in [-0.2, 0) is 11.3 Å². The Hall–Kier alpha value is -1.56. The first-order chi connectivity index (χ1) is 11.4. The van der Waals surface area contributed by atoms with Crippen LogP contribution >= 0.6 is 0 Å². The van der Waals surface area contributed by atoms with Crippen molar-refractivity contribution in [2.24, 2.45) is 0 Å². The standard InChI is InChI=1S/C18H25F3N2O/c1-2-16-14-22(11-6-10-18(19,20)21)12-9-17(24)23(16)13-15-7-4-3-5-8-15/h3-5,7-8,16H,2,6,9-14H2,1H3. The number of carbonyl (C=O) groups is 1. The molecule has 1 aliphatic heterocycles. The summed E-state index contributed by atoms with van der Waals surface area (Å²) in [6.45, 7) is 4.16. The van der Waals surface area contributed by atoms with E-state index in [9.17, 15) is 18.0 Å². The molecule has 0 radical (unpaired) electrons. The summed E-state index contributed by atoms with van der Waals surface area (Å²) >= 11 is 0. The van der Waals surface area contributed by atoms with E-state index in [0.29, 0.717) is 32.6 Å². The zero-order valence-corrected chi connectivity index (χ0v) is 14.1. The molecule has 1 heterocycles. The van der Waals surface area contributed by atoms with Crippen molar-refractivity contribution in [3.8, 4) is 0 Å². The topological polar surface area (TPSA) is 23.6 Å². The molecule has 0 aliphatic carbocycles. The van der Waals surface area contributed by atoms with Crippen molar-refractivity contribution in [2.45, 2.75) is 51.4 Å². The first-order valence-electron chi connectivity index (χ1n) is 8.51. The summed E-state index contributed by atoms with van der Waals surface area (Å²) in [5, 5.41) is 0. The number of amides is 1. The molecular formula is C18H25F3N2O. The van der Waals surface area contributed by atoms with E-state index >= 15 is 0 Å². The van der Waals surface area contributed by atoms with Crippen LogP contribution in [0.1, 0.15) is 38.2 Å². The van der Waals surface area contributed by atoms with Gasteiger partial charge in [-0.15, -0.1) is 0 Å². The molecule has 6 heteroatoms. The molecule has 1 saturated heterocycles. The number of alkyl halides is 3. The predicted octanol–water partition coefficient (Wildman–Crippen LogP) is 3.84. The number of hydrogen-bond acceptors (Lipinski definition) is 2. The minimum absolute atomic E-state index is 0.0473. The smallest absolute Gasteiger partial charge is 0.334 e. The third-order valence-electron chi connectivity index (χ3n) is 4.47. The van der Waals surface area contributed by atoms with Crippen LogP contribution < -0.4 is 0 Å². The van der Waals surface area contributed by atoms with Crippen molar-refractivity contribution in [1.29, 1.82) is 0 Å². The summed E-state index contributed by atoms with van der Waals surface area (Å²) in [6.07, 6.45) is -3.61. The van der Waals surface area contributed by atoms with Crippen LogP contribution in [0.2, 0.25) is 0 Å². The van der Waals surface area contributed by atoms with Gasteiger partial charge in [-0.2, -0.15) is 13.2 Å². The van der Waals surface area contributed by atoms with Gasteiger partial charge in [0.2, 0.25) is 5.91 Å². The summed E-state index contributed by atoms with van der Waals surface area (Å²) < 4.78 is 37.0. The molecule has 1 aromatic rings. The fraction of sp³-hybridized carbons (Fsp3) is 0.611. The Morgan fingerprint density at radius 2 is 1.92 bits per heavy atom. The number of carbonyl (C=O) groups excluding carboxylic acids is 1. The fourth-order valence-electron chi connectivity index (χ4n) is 3.14. The molecular weight excluding hydrogens is 317 g/mol. The molecule has 1 amide bonds. The lowest BCUT2D eigenvalue weighted by molar-refractivity contribution is -0.136. The van der Waals surface area contributed by atoms with Crippen LogP contribution in [-0.4, -0.2) is 47.6 Å². The number of hydrogen-bond donors (Lipinski definition) is 0. The molecule has 0 bridgehead atoms. The molecule has 1 atom stereocenters. The van der Waals surface area contributed by atoms with Crippen molar-refractivity contribution in [3.05, 3.63) is 35.9 Å². The molecule has 2 rings (SSSR count). The summed E-state index contributed by atoms with van der Waals surface area (Å²) in [4.78, 5) is 16.4. The Kier molecular flexibility index (Phi) is 6.66. The van der Waals surface area contributed by atoms with Gasteiger partial charge in [0.15, 0.2) is 0 Å². The number of benzene rings is 1. The number of rotatable bonds is 6. The van der Waals surface area contributed by atoms with Gasteiger partial charge in [0, 0.05) is 38.5 Å². The molecule has 0 aromatic heterocycles. The molecule has 1 aromatic carbocycles. The molecule has 24 heavy (non-hydrogen) atoms. The van der Waals surface area contributed by atoms with E-state index < -0.39 is 12.6 Å². The summed E-state index contributed by atoms with van der Waals surface area (Å²) in [7, 11) is 0. The fourth-order valence-corrected chi connectivity index (χ4v) is 3.14.